The van der Waals surface area contributed by atoms with Crippen LogP contribution in [-0.4, -0.2) is 25.1 Å². The van der Waals surface area contributed by atoms with Crippen LogP contribution < -0.4 is 14.8 Å². The highest BCUT2D eigenvalue weighted by Gasteiger charge is 2.12. The molecule has 0 atom stereocenters. The third kappa shape index (κ3) is 3.01. The smallest absolute Gasteiger partial charge is 0.261 e. The van der Waals surface area contributed by atoms with Crippen molar-refractivity contribution in [2.24, 2.45) is 0 Å². The van der Waals surface area contributed by atoms with Crippen molar-refractivity contribution in [1.82, 2.24) is 4.98 Å². The van der Waals surface area contributed by atoms with Gasteiger partial charge in [0.05, 0.1) is 14.2 Å². The molecule has 5 nitrogen and oxygen atoms in total. The van der Waals surface area contributed by atoms with Crippen molar-refractivity contribution in [3.63, 3.8) is 0 Å². The molecule has 19 heavy (non-hydrogen) atoms. The number of aromatic nitrogens is 1. The number of carbonyl (C=O) groups is 1. The molecule has 1 aromatic heterocycles. The molecule has 98 valence electrons. The minimum absolute atomic E-state index is 0.279. The molecule has 0 unspecified atom stereocenters. The molecule has 0 bridgehead atoms. The topological polar surface area (TPSA) is 60.5 Å². The van der Waals surface area contributed by atoms with E-state index in [1.165, 1.54) is 7.11 Å². The summed E-state index contributed by atoms with van der Waals surface area (Å²) >= 11 is 0. The highest BCUT2D eigenvalue weighted by atomic mass is 16.5. The summed E-state index contributed by atoms with van der Waals surface area (Å²) in [5.74, 6) is 0.692. The lowest BCUT2D eigenvalue weighted by atomic mass is 10.2. The minimum atomic E-state index is -0.279. The van der Waals surface area contributed by atoms with Gasteiger partial charge >= 0.3 is 0 Å². The van der Waals surface area contributed by atoms with Gasteiger partial charge in [-0.2, -0.15) is 0 Å². The Hall–Kier alpha value is -2.56. The number of hydrogen-bond acceptors (Lipinski definition) is 4. The van der Waals surface area contributed by atoms with Gasteiger partial charge in [-0.3, -0.25) is 4.79 Å². The maximum Gasteiger partial charge on any atom is 0.261 e. The van der Waals surface area contributed by atoms with Crippen LogP contribution in [0.15, 0.2) is 42.6 Å². The first-order valence-electron chi connectivity index (χ1n) is 5.69. The summed E-state index contributed by atoms with van der Waals surface area (Å²) in [5.41, 5.74) is 1.03. The predicted molar refractivity (Wildman–Crippen MR) is 71.7 cm³/mol. The van der Waals surface area contributed by atoms with E-state index in [4.69, 9.17) is 9.47 Å². The van der Waals surface area contributed by atoms with Crippen molar-refractivity contribution < 1.29 is 14.3 Å². The van der Waals surface area contributed by atoms with Crippen molar-refractivity contribution >= 4 is 11.6 Å². The van der Waals surface area contributed by atoms with Crippen molar-refractivity contribution in [1.29, 1.82) is 0 Å². The number of pyridine rings is 1. The molecule has 1 heterocycles. The molecule has 0 aliphatic carbocycles. The molecule has 0 saturated heterocycles. The fourth-order valence-electron chi connectivity index (χ4n) is 1.63. The predicted octanol–water partition coefficient (Wildman–Crippen LogP) is 2.35. The van der Waals surface area contributed by atoms with Crippen LogP contribution in [0.4, 0.5) is 5.69 Å². The Balaban J connectivity index is 2.20. The number of hydrogen-bond donors (Lipinski definition) is 1. The number of carbonyl (C=O) groups excluding carboxylic acids is 1. The van der Waals surface area contributed by atoms with Crippen LogP contribution >= 0.6 is 0 Å². The Labute approximate surface area is 111 Å². The number of methoxy groups -OCH3 is 2. The lowest BCUT2D eigenvalue weighted by molar-refractivity contribution is 0.102. The number of ether oxygens (including phenoxy) is 2. The standard InChI is InChI=1S/C14H14N2O3/c1-18-11-6-3-5-10(9-11)16-13(17)12-7-4-8-15-14(12)19-2/h3-9H,1-2H3,(H,16,17). The molecular formula is C14H14N2O3. The van der Waals surface area contributed by atoms with Gasteiger partial charge in [-0.1, -0.05) is 6.07 Å². The second-order valence-corrected chi connectivity index (χ2v) is 3.75. The third-order valence-electron chi connectivity index (χ3n) is 2.54. The fraction of sp³-hybridized carbons (Fsp3) is 0.143. The van der Waals surface area contributed by atoms with Gasteiger partial charge in [0.1, 0.15) is 11.3 Å². The zero-order valence-corrected chi connectivity index (χ0v) is 10.7. The number of anilines is 1. The largest absolute Gasteiger partial charge is 0.497 e. The fourth-order valence-corrected chi connectivity index (χ4v) is 1.63. The second-order valence-electron chi connectivity index (χ2n) is 3.75. The van der Waals surface area contributed by atoms with E-state index in [0.717, 1.165) is 0 Å². The molecule has 0 radical (unpaired) electrons. The lowest BCUT2D eigenvalue weighted by Crippen LogP contribution is -2.13. The zero-order valence-electron chi connectivity index (χ0n) is 10.7. The minimum Gasteiger partial charge on any atom is -0.497 e. The van der Waals surface area contributed by atoms with E-state index in [2.05, 4.69) is 10.3 Å². The number of amides is 1. The summed E-state index contributed by atoms with van der Waals surface area (Å²) in [6.45, 7) is 0. The molecule has 0 aliphatic heterocycles. The van der Waals surface area contributed by atoms with Crippen LogP contribution in [0, 0.1) is 0 Å². The maximum atomic E-state index is 12.1. The monoisotopic (exact) mass is 258 g/mol. The van der Waals surface area contributed by atoms with E-state index < -0.39 is 0 Å². The first kappa shape index (κ1) is 12.9. The highest BCUT2D eigenvalue weighted by molar-refractivity contribution is 6.05. The van der Waals surface area contributed by atoms with Crippen LogP contribution in [0.25, 0.3) is 0 Å². The molecule has 1 aromatic carbocycles. The molecular weight excluding hydrogens is 244 g/mol. The van der Waals surface area contributed by atoms with E-state index in [1.54, 1.807) is 49.7 Å². The lowest BCUT2D eigenvalue weighted by Gasteiger charge is -2.09. The summed E-state index contributed by atoms with van der Waals surface area (Å²) in [4.78, 5) is 16.1. The normalized spacial score (nSPS) is 9.79. The SMILES string of the molecule is COc1cccc(NC(=O)c2cccnc2OC)c1. The zero-order chi connectivity index (χ0) is 13.7. The summed E-state index contributed by atoms with van der Waals surface area (Å²) in [7, 11) is 3.05. The molecule has 0 fully saturated rings. The van der Waals surface area contributed by atoms with Crippen molar-refractivity contribution in [2.75, 3.05) is 19.5 Å². The maximum absolute atomic E-state index is 12.1. The summed E-state index contributed by atoms with van der Waals surface area (Å²) in [6, 6.07) is 10.5. The van der Waals surface area contributed by atoms with Crippen molar-refractivity contribution in [2.45, 2.75) is 0 Å². The Kier molecular flexibility index (Phi) is 3.97. The average molecular weight is 258 g/mol. The van der Waals surface area contributed by atoms with E-state index in [9.17, 15) is 4.79 Å². The van der Waals surface area contributed by atoms with Gasteiger partial charge in [0.15, 0.2) is 0 Å². The molecule has 5 heteroatoms. The van der Waals surface area contributed by atoms with Gasteiger partial charge in [-0.15, -0.1) is 0 Å². The highest BCUT2D eigenvalue weighted by Crippen LogP contribution is 2.19. The van der Waals surface area contributed by atoms with E-state index >= 15 is 0 Å². The van der Waals surface area contributed by atoms with Crippen LogP contribution in [-0.2, 0) is 0 Å². The first-order valence-corrected chi connectivity index (χ1v) is 5.69. The molecule has 2 rings (SSSR count). The van der Waals surface area contributed by atoms with Crippen molar-refractivity contribution in [3.8, 4) is 11.6 Å². The summed E-state index contributed by atoms with van der Waals surface area (Å²) in [6.07, 6.45) is 1.57. The van der Waals surface area contributed by atoms with Gasteiger partial charge in [0.2, 0.25) is 5.88 Å². The molecule has 1 amide bonds. The number of benzene rings is 1. The van der Waals surface area contributed by atoms with Gasteiger partial charge in [0, 0.05) is 18.0 Å². The number of nitrogens with one attached hydrogen (secondary N) is 1. The Bertz CT molecular complexity index is 584. The van der Waals surface area contributed by atoms with Crippen molar-refractivity contribution in [3.05, 3.63) is 48.2 Å². The van der Waals surface area contributed by atoms with Gasteiger partial charge in [0.25, 0.3) is 5.91 Å². The van der Waals surface area contributed by atoms with E-state index in [1.807, 2.05) is 0 Å². The third-order valence-corrected chi connectivity index (χ3v) is 2.54. The van der Waals surface area contributed by atoms with Crippen LogP contribution in [0.5, 0.6) is 11.6 Å². The van der Waals surface area contributed by atoms with Crippen LogP contribution in [0.2, 0.25) is 0 Å². The van der Waals surface area contributed by atoms with Gasteiger partial charge in [-0.25, -0.2) is 4.98 Å². The average Bonchev–Trinajstić information content (AvgIpc) is 2.47. The van der Waals surface area contributed by atoms with Crippen LogP contribution in [0.3, 0.4) is 0 Å². The van der Waals surface area contributed by atoms with E-state index in [-0.39, 0.29) is 5.91 Å². The van der Waals surface area contributed by atoms with Crippen LogP contribution in [0.1, 0.15) is 10.4 Å². The molecule has 0 aliphatic rings. The molecule has 2 aromatic rings. The number of rotatable bonds is 4. The molecule has 1 N–H and O–H groups in total. The Morgan fingerprint density at radius 1 is 1.16 bits per heavy atom. The Morgan fingerprint density at radius 3 is 2.74 bits per heavy atom. The van der Waals surface area contributed by atoms with Gasteiger partial charge in [-0.05, 0) is 24.3 Å². The molecule has 0 spiro atoms. The second kappa shape index (κ2) is 5.86. The molecule has 0 saturated carbocycles. The van der Waals surface area contributed by atoms with E-state index in [0.29, 0.717) is 22.9 Å². The quantitative estimate of drug-likeness (QED) is 0.914. The van der Waals surface area contributed by atoms with Gasteiger partial charge < -0.3 is 14.8 Å². The summed E-state index contributed by atoms with van der Waals surface area (Å²) in [5, 5.41) is 2.77. The first-order chi connectivity index (χ1) is 9.24. The Morgan fingerprint density at radius 2 is 2.00 bits per heavy atom. The summed E-state index contributed by atoms with van der Waals surface area (Å²) < 4.78 is 10.2. The number of nitrogens with zero attached hydrogens (tertiary/aromatic N) is 1.